The van der Waals surface area contributed by atoms with Crippen molar-refractivity contribution in [2.75, 3.05) is 26.0 Å². The molecular weight excluding hydrogens is 314 g/mol. The van der Waals surface area contributed by atoms with Gasteiger partial charge in [0.1, 0.15) is 5.78 Å². The Labute approximate surface area is 142 Å². The minimum atomic E-state index is -0.215. The number of hydrogen-bond donors (Lipinski definition) is 0. The lowest BCUT2D eigenvalue weighted by Crippen LogP contribution is -2.37. The number of nitrogens with zero attached hydrogens (tertiary/aromatic N) is 1. The first-order valence-corrected chi connectivity index (χ1v) is 9.53. The number of hydrogen-bond acceptors (Lipinski definition) is 5. The topological polar surface area (TPSA) is 63.7 Å². The molecule has 0 spiro atoms. The monoisotopic (exact) mass is 341 g/mol. The maximum atomic E-state index is 12.4. The van der Waals surface area contributed by atoms with E-state index in [1.54, 1.807) is 25.8 Å². The Morgan fingerprint density at radius 1 is 1.26 bits per heavy atom. The van der Waals surface area contributed by atoms with Gasteiger partial charge in [0, 0.05) is 32.6 Å². The Kier molecular flexibility index (Phi) is 7.09. The summed E-state index contributed by atoms with van der Waals surface area (Å²) >= 11 is 1.57. The Balaban J connectivity index is 1.78. The van der Waals surface area contributed by atoms with Crippen LogP contribution in [0.15, 0.2) is 0 Å². The van der Waals surface area contributed by atoms with Gasteiger partial charge >= 0.3 is 0 Å². The van der Waals surface area contributed by atoms with Crippen LogP contribution in [0.25, 0.3) is 0 Å². The number of ether oxygens (including phenoxy) is 1. The van der Waals surface area contributed by atoms with E-state index >= 15 is 0 Å². The molecule has 2 aliphatic rings. The summed E-state index contributed by atoms with van der Waals surface area (Å²) in [7, 11) is 1.66. The summed E-state index contributed by atoms with van der Waals surface area (Å²) < 4.78 is 5.00. The summed E-state index contributed by atoms with van der Waals surface area (Å²) in [5.74, 6) is 1.59. The number of carbonyl (C=O) groups excluding carboxylic acids is 3. The maximum Gasteiger partial charge on any atom is 0.242 e. The number of carbonyl (C=O) groups is 3. The Morgan fingerprint density at radius 3 is 2.57 bits per heavy atom. The first-order valence-electron chi connectivity index (χ1n) is 8.48. The van der Waals surface area contributed by atoms with Crippen LogP contribution in [0, 0.1) is 11.8 Å². The fourth-order valence-electron chi connectivity index (χ4n) is 3.41. The highest BCUT2D eigenvalue weighted by atomic mass is 32.2. The third kappa shape index (κ3) is 5.05. The molecule has 0 N–H and O–H groups in total. The zero-order chi connectivity index (χ0) is 16.8. The molecule has 1 unspecified atom stereocenters. The van der Waals surface area contributed by atoms with E-state index in [9.17, 15) is 14.4 Å². The average Bonchev–Trinajstić information content (AvgIpc) is 2.80. The summed E-state index contributed by atoms with van der Waals surface area (Å²) in [6.07, 6.45) is 4.89. The highest BCUT2D eigenvalue weighted by Gasteiger charge is 2.40. The molecule has 0 radical (unpaired) electrons. The zero-order valence-corrected chi connectivity index (χ0v) is 14.9. The molecule has 0 bridgehead atoms. The second-order valence-corrected chi connectivity index (χ2v) is 7.89. The average molecular weight is 341 g/mol. The minimum Gasteiger partial charge on any atom is -0.385 e. The summed E-state index contributed by atoms with van der Waals surface area (Å²) in [6.45, 7) is 2.88. The SMILES string of the molecule is COCCCSC1CC(=O)N(CC2CCC(C(C)=O)CC2)C1=O. The molecule has 0 aromatic carbocycles. The largest absolute Gasteiger partial charge is 0.385 e. The van der Waals surface area contributed by atoms with Gasteiger partial charge in [-0.05, 0) is 50.7 Å². The summed E-state index contributed by atoms with van der Waals surface area (Å²) in [5, 5.41) is -0.215. The van der Waals surface area contributed by atoms with E-state index in [1.165, 1.54) is 4.90 Å². The van der Waals surface area contributed by atoms with Crippen LogP contribution in [0.4, 0.5) is 0 Å². The first-order chi connectivity index (χ1) is 11.0. The molecule has 1 heterocycles. The maximum absolute atomic E-state index is 12.4. The fourth-order valence-corrected chi connectivity index (χ4v) is 4.51. The van der Waals surface area contributed by atoms with Crippen molar-refractivity contribution in [1.82, 2.24) is 4.90 Å². The third-order valence-electron chi connectivity index (χ3n) is 4.88. The molecule has 2 rings (SSSR count). The van der Waals surface area contributed by atoms with E-state index in [-0.39, 0.29) is 28.8 Å². The smallest absolute Gasteiger partial charge is 0.242 e. The molecule has 1 aliphatic heterocycles. The number of thioether (sulfide) groups is 1. The number of Topliss-reactive ketones (excluding diaryl/α,β-unsaturated/α-hetero) is 1. The van der Waals surface area contributed by atoms with E-state index < -0.39 is 0 Å². The lowest BCUT2D eigenvalue weighted by atomic mass is 9.80. The van der Waals surface area contributed by atoms with Crippen LogP contribution >= 0.6 is 11.8 Å². The van der Waals surface area contributed by atoms with Gasteiger partial charge in [-0.1, -0.05) is 0 Å². The summed E-state index contributed by atoms with van der Waals surface area (Å²) in [5.41, 5.74) is 0. The molecule has 1 saturated heterocycles. The lowest BCUT2D eigenvalue weighted by Gasteiger charge is -2.29. The van der Waals surface area contributed by atoms with Crippen molar-refractivity contribution < 1.29 is 19.1 Å². The van der Waals surface area contributed by atoms with Crippen LogP contribution in [0.5, 0.6) is 0 Å². The van der Waals surface area contributed by atoms with Crippen molar-refractivity contribution in [3.8, 4) is 0 Å². The van der Waals surface area contributed by atoms with Crippen LogP contribution in [-0.2, 0) is 19.1 Å². The zero-order valence-electron chi connectivity index (χ0n) is 14.1. The van der Waals surface area contributed by atoms with Gasteiger partial charge in [0.15, 0.2) is 0 Å². The van der Waals surface area contributed by atoms with Gasteiger partial charge in [-0.2, -0.15) is 0 Å². The second kappa shape index (κ2) is 8.83. The molecule has 23 heavy (non-hydrogen) atoms. The summed E-state index contributed by atoms with van der Waals surface area (Å²) in [4.78, 5) is 37.4. The van der Waals surface area contributed by atoms with E-state index in [0.717, 1.165) is 37.9 Å². The van der Waals surface area contributed by atoms with Gasteiger partial charge < -0.3 is 4.74 Å². The van der Waals surface area contributed by atoms with E-state index in [4.69, 9.17) is 4.74 Å². The number of amides is 2. The van der Waals surface area contributed by atoms with Crippen LogP contribution in [0.2, 0.25) is 0 Å². The third-order valence-corrected chi connectivity index (χ3v) is 6.17. The minimum absolute atomic E-state index is 0.0221. The standard InChI is InChI=1S/C17H27NO4S/c1-12(19)14-6-4-13(5-7-14)11-18-16(20)10-15(17(18)21)23-9-3-8-22-2/h13-15H,3-11H2,1-2H3. The van der Waals surface area contributed by atoms with Crippen molar-refractivity contribution in [2.24, 2.45) is 11.8 Å². The summed E-state index contributed by atoms with van der Waals surface area (Å²) in [6, 6.07) is 0. The van der Waals surface area contributed by atoms with Crippen molar-refractivity contribution in [3.63, 3.8) is 0 Å². The predicted molar refractivity (Wildman–Crippen MR) is 90.2 cm³/mol. The van der Waals surface area contributed by atoms with E-state index in [2.05, 4.69) is 0 Å². The quantitative estimate of drug-likeness (QED) is 0.501. The highest BCUT2D eigenvalue weighted by Crippen LogP contribution is 2.32. The number of rotatable bonds is 8. The molecule has 0 aromatic heterocycles. The fraction of sp³-hybridized carbons (Fsp3) is 0.824. The van der Waals surface area contributed by atoms with E-state index in [0.29, 0.717) is 25.5 Å². The highest BCUT2D eigenvalue weighted by molar-refractivity contribution is 8.00. The number of likely N-dealkylation sites (tertiary alicyclic amines) is 1. The van der Waals surface area contributed by atoms with Crippen molar-refractivity contribution in [3.05, 3.63) is 0 Å². The Bertz CT molecular complexity index is 446. The van der Waals surface area contributed by atoms with Gasteiger partial charge in [-0.15, -0.1) is 11.8 Å². The molecule has 2 fully saturated rings. The first kappa shape index (κ1) is 18.5. The van der Waals surface area contributed by atoms with Gasteiger partial charge in [-0.25, -0.2) is 0 Å². The van der Waals surface area contributed by atoms with Crippen molar-refractivity contribution in [1.29, 1.82) is 0 Å². The molecule has 5 nitrogen and oxygen atoms in total. The van der Waals surface area contributed by atoms with Crippen molar-refractivity contribution in [2.45, 2.75) is 50.7 Å². The number of imide groups is 1. The molecule has 6 heteroatoms. The van der Waals surface area contributed by atoms with Gasteiger partial charge in [-0.3, -0.25) is 19.3 Å². The van der Waals surface area contributed by atoms with E-state index in [1.807, 2.05) is 0 Å². The Hall–Kier alpha value is -0.880. The Morgan fingerprint density at radius 2 is 1.96 bits per heavy atom. The number of ketones is 1. The van der Waals surface area contributed by atoms with Gasteiger partial charge in [0.2, 0.25) is 11.8 Å². The molecular formula is C17H27NO4S. The predicted octanol–water partition coefficient (Wildman–Crippen LogP) is 2.28. The van der Waals surface area contributed by atoms with Crippen LogP contribution in [0.3, 0.4) is 0 Å². The second-order valence-electron chi connectivity index (χ2n) is 6.58. The van der Waals surface area contributed by atoms with Crippen LogP contribution in [-0.4, -0.2) is 53.8 Å². The van der Waals surface area contributed by atoms with Crippen LogP contribution in [0.1, 0.15) is 45.4 Å². The molecule has 1 atom stereocenters. The van der Waals surface area contributed by atoms with Crippen LogP contribution < -0.4 is 0 Å². The van der Waals surface area contributed by atoms with Gasteiger partial charge in [0.05, 0.1) is 5.25 Å². The number of methoxy groups -OCH3 is 1. The lowest BCUT2D eigenvalue weighted by molar-refractivity contribution is -0.139. The molecule has 0 aromatic rings. The molecule has 130 valence electrons. The molecule has 2 amide bonds. The molecule has 1 saturated carbocycles. The van der Waals surface area contributed by atoms with Gasteiger partial charge in [0.25, 0.3) is 0 Å². The molecule has 1 aliphatic carbocycles. The normalized spacial score (nSPS) is 28.4. The van der Waals surface area contributed by atoms with Crippen molar-refractivity contribution >= 4 is 29.4 Å².